The lowest BCUT2D eigenvalue weighted by molar-refractivity contribution is -0.156. The molecule has 0 radical (unpaired) electrons. The molecule has 0 N–H and O–H groups in total. The van der Waals surface area contributed by atoms with Crippen molar-refractivity contribution in [2.75, 3.05) is 31.6 Å². The van der Waals surface area contributed by atoms with E-state index in [9.17, 15) is 9.35 Å². The number of nitrogens with zero attached hydrogens (tertiary/aromatic N) is 1. The van der Waals surface area contributed by atoms with E-state index >= 15 is 0 Å². The maximum absolute atomic E-state index is 11.9. The summed E-state index contributed by atoms with van der Waals surface area (Å²) in [5.74, 6) is 1.62. The van der Waals surface area contributed by atoms with Crippen molar-refractivity contribution in [3.05, 3.63) is 0 Å². The molecule has 1 rings (SSSR count). The Hall–Kier alpha value is -0.260. The van der Waals surface area contributed by atoms with Crippen LogP contribution in [0.25, 0.3) is 0 Å². The Morgan fingerprint density at radius 3 is 2.04 bits per heavy atom. The smallest absolute Gasteiger partial charge is 0.320 e. The number of ether oxygens (including phenoxy) is 1. The molecule has 0 amide bonds. The van der Waals surface area contributed by atoms with Gasteiger partial charge in [-0.3, -0.25) is 9.69 Å². The van der Waals surface area contributed by atoms with E-state index in [1.165, 1.54) is 64.2 Å². The summed E-state index contributed by atoms with van der Waals surface area (Å²) in [6.07, 6.45) is 16.0. The van der Waals surface area contributed by atoms with Gasteiger partial charge in [-0.25, -0.2) is 0 Å². The molecule has 0 aromatic heterocycles. The number of likely N-dealkylation sites (tertiary alicyclic amines) is 1. The van der Waals surface area contributed by atoms with Gasteiger partial charge in [0.15, 0.2) is 0 Å². The fraction of sp³-hybridized carbons (Fsp3) is 0.955. The highest BCUT2D eigenvalue weighted by Crippen LogP contribution is 2.23. The first-order chi connectivity index (χ1) is 12.8. The van der Waals surface area contributed by atoms with Gasteiger partial charge in [0.1, 0.15) is 11.4 Å². The molecule has 1 aliphatic heterocycles. The molecule has 0 aromatic rings. The summed E-state index contributed by atoms with van der Waals surface area (Å²) < 4.78 is 16.4. The third-order valence-electron chi connectivity index (χ3n) is 5.27. The van der Waals surface area contributed by atoms with E-state index in [2.05, 4.69) is 4.90 Å². The molecule has 1 fully saturated rings. The molecule has 1 saturated heterocycles. The third-order valence-corrected chi connectivity index (χ3v) is 6.14. The van der Waals surface area contributed by atoms with Crippen LogP contribution in [0.15, 0.2) is 0 Å². The van der Waals surface area contributed by atoms with Crippen LogP contribution in [0.2, 0.25) is 0 Å². The van der Waals surface area contributed by atoms with Crippen LogP contribution in [0, 0.1) is 5.92 Å². The summed E-state index contributed by atoms with van der Waals surface area (Å²) in [5, 5.41) is 0. The molecule has 0 saturated carbocycles. The van der Waals surface area contributed by atoms with E-state index in [0.717, 1.165) is 31.2 Å². The van der Waals surface area contributed by atoms with Gasteiger partial charge < -0.3 is 9.29 Å². The number of unbranched alkanes of at least 4 members (excludes halogenated alkanes) is 7. The standard InChI is InChI=1S/C22H43NO3S/c1-22(2,3)26-21(24)19-23-16-14-20(15-17-23)13-11-9-7-5-6-8-10-12-18-27(4)25/h20H,5-19H2,1-4H3. The Kier molecular flexibility index (Phi) is 12.7. The minimum atomic E-state index is -0.615. The number of hydrogen-bond donors (Lipinski definition) is 0. The minimum absolute atomic E-state index is 0.0936. The zero-order valence-corrected chi connectivity index (χ0v) is 19.1. The van der Waals surface area contributed by atoms with E-state index in [-0.39, 0.29) is 11.6 Å². The summed E-state index contributed by atoms with van der Waals surface area (Å²) in [4.78, 5) is 14.2. The van der Waals surface area contributed by atoms with Crippen molar-refractivity contribution in [1.29, 1.82) is 0 Å². The van der Waals surface area contributed by atoms with Crippen molar-refractivity contribution < 1.29 is 14.1 Å². The fourth-order valence-corrected chi connectivity index (χ4v) is 4.40. The number of piperidine rings is 1. The highest BCUT2D eigenvalue weighted by atomic mass is 32.2. The maximum Gasteiger partial charge on any atom is 0.320 e. The average Bonchev–Trinajstić information content (AvgIpc) is 2.56. The summed E-state index contributed by atoms with van der Waals surface area (Å²) in [6.45, 7) is 8.28. The fourth-order valence-electron chi connectivity index (χ4n) is 3.79. The molecule has 27 heavy (non-hydrogen) atoms. The van der Waals surface area contributed by atoms with Gasteiger partial charge in [0.05, 0.1) is 12.8 Å². The van der Waals surface area contributed by atoms with Crippen molar-refractivity contribution in [3.63, 3.8) is 0 Å². The zero-order valence-electron chi connectivity index (χ0n) is 18.3. The highest BCUT2D eigenvalue weighted by Gasteiger charge is 2.23. The van der Waals surface area contributed by atoms with Gasteiger partial charge >= 0.3 is 5.97 Å². The number of carbonyl (C=O) groups is 1. The van der Waals surface area contributed by atoms with Crippen LogP contribution < -0.4 is 0 Å². The lowest BCUT2D eigenvalue weighted by atomic mass is 9.91. The van der Waals surface area contributed by atoms with Gasteiger partial charge in [-0.2, -0.15) is 0 Å². The lowest BCUT2D eigenvalue weighted by Crippen LogP contribution is -2.39. The van der Waals surface area contributed by atoms with Crippen molar-refractivity contribution in [2.45, 2.75) is 97.0 Å². The summed E-state index contributed by atoms with van der Waals surface area (Å²) in [7, 11) is 0. The molecule has 0 aromatic carbocycles. The second-order valence-corrected chi connectivity index (χ2v) is 10.8. The van der Waals surface area contributed by atoms with Crippen LogP contribution in [-0.2, 0) is 20.7 Å². The predicted molar refractivity (Wildman–Crippen MR) is 115 cm³/mol. The van der Waals surface area contributed by atoms with E-state index in [1.54, 1.807) is 6.26 Å². The van der Waals surface area contributed by atoms with Crippen LogP contribution in [0.3, 0.4) is 0 Å². The molecule has 5 heteroatoms. The molecule has 1 unspecified atom stereocenters. The van der Waals surface area contributed by atoms with E-state index < -0.39 is 11.2 Å². The number of carbonyl (C=O) groups excluding carboxylic acids is 1. The second kappa shape index (κ2) is 13.8. The van der Waals surface area contributed by atoms with Crippen molar-refractivity contribution in [3.8, 4) is 0 Å². The zero-order chi connectivity index (χ0) is 20.1. The molecule has 4 nitrogen and oxygen atoms in total. The van der Waals surface area contributed by atoms with Crippen LogP contribution in [0.4, 0.5) is 0 Å². The van der Waals surface area contributed by atoms with Crippen molar-refractivity contribution in [1.82, 2.24) is 4.90 Å². The Morgan fingerprint density at radius 2 is 1.52 bits per heavy atom. The predicted octanol–water partition coefficient (Wildman–Crippen LogP) is 4.93. The third kappa shape index (κ3) is 14.4. The van der Waals surface area contributed by atoms with Crippen LogP contribution in [-0.4, -0.2) is 52.7 Å². The topological polar surface area (TPSA) is 52.6 Å². The summed E-state index contributed by atoms with van der Waals surface area (Å²) >= 11 is -0.615. The van der Waals surface area contributed by atoms with Crippen molar-refractivity contribution >= 4 is 17.1 Å². The van der Waals surface area contributed by atoms with Crippen molar-refractivity contribution in [2.24, 2.45) is 5.92 Å². The molecule has 1 atom stereocenters. The molecule has 0 bridgehead atoms. The minimum Gasteiger partial charge on any atom is -0.617 e. The van der Waals surface area contributed by atoms with E-state index in [1.807, 2.05) is 20.8 Å². The molecule has 0 aliphatic carbocycles. The van der Waals surface area contributed by atoms with Gasteiger partial charge in [0.25, 0.3) is 0 Å². The highest BCUT2D eigenvalue weighted by molar-refractivity contribution is 7.90. The lowest BCUT2D eigenvalue weighted by Gasteiger charge is -2.32. The molecule has 0 spiro atoms. The Bertz CT molecular complexity index is 388. The molecule has 1 heterocycles. The van der Waals surface area contributed by atoms with Gasteiger partial charge in [-0.15, -0.1) is 0 Å². The number of esters is 1. The SMILES string of the molecule is C[S+]([O-])CCCCCCCCCCC1CCN(CC(=O)OC(C)(C)C)CC1. The Labute approximate surface area is 171 Å². The molecule has 1 aliphatic rings. The summed E-state index contributed by atoms with van der Waals surface area (Å²) in [5.41, 5.74) is -0.384. The van der Waals surface area contributed by atoms with Gasteiger partial charge in [-0.05, 0) is 65.5 Å². The van der Waals surface area contributed by atoms with E-state index in [4.69, 9.17) is 4.74 Å². The van der Waals surface area contributed by atoms with Crippen LogP contribution >= 0.6 is 0 Å². The molecule has 160 valence electrons. The second-order valence-electron chi connectivity index (χ2n) is 9.20. The van der Waals surface area contributed by atoms with Crippen LogP contribution in [0.1, 0.15) is 91.4 Å². The van der Waals surface area contributed by atoms with Gasteiger partial charge in [0, 0.05) is 0 Å². The van der Waals surface area contributed by atoms with Gasteiger partial charge in [0.2, 0.25) is 0 Å². The number of rotatable bonds is 13. The van der Waals surface area contributed by atoms with Crippen LogP contribution in [0.5, 0.6) is 0 Å². The molecular weight excluding hydrogens is 358 g/mol. The Morgan fingerprint density at radius 1 is 1.00 bits per heavy atom. The quantitative estimate of drug-likeness (QED) is 0.249. The first kappa shape index (κ1) is 24.8. The normalized spacial score (nSPS) is 17.8. The Balaban J connectivity index is 1.93. The first-order valence-electron chi connectivity index (χ1n) is 11.0. The molecular formula is C22H43NO3S. The van der Waals surface area contributed by atoms with Gasteiger partial charge in [-0.1, -0.05) is 56.1 Å². The monoisotopic (exact) mass is 401 g/mol. The number of hydrogen-bond acceptors (Lipinski definition) is 4. The summed E-state index contributed by atoms with van der Waals surface area (Å²) in [6, 6.07) is 0. The average molecular weight is 402 g/mol. The first-order valence-corrected chi connectivity index (χ1v) is 12.7. The maximum atomic E-state index is 11.9. The van der Waals surface area contributed by atoms with E-state index in [0.29, 0.717) is 6.54 Å². The largest absolute Gasteiger partial charge is 0.617 e.